The molecule has 0 spiro atoms. The third-order valence-electron chi connectivity index (χ3n) is 5.91. The summed E-state index contributed by atoms with van der Waals surface area (Å²) in [5.74, 6) is -1.63. The summed E-state index contributed by atoms with van der Waals surface area (Å²) in [7, 11) is 0. The largest absolute Gasteiger partial charge is 0.350 e. The summed E-state index contributed by atoms with van der Waals surface area (Å²) >= 11 is 5.93. The van der Waals surface area contributed by atoms with Crippen molar-refractivity contribution in [3.63, 3.8) is 0 Å². The van der Waals surface area contributed by atoms with E-state index < -0.39 is 17.6 Å². The molecule has 0 bridgehead atoms. The van der Waals surface area contributed by atoms with Crippen LogP contribution in [0.5, 0.6) is 0 Å². The van der Waals surface area contributed by atoms with Gasteiger partial charge in [-0.1, -0.05) is 41.9 Å². The Morgan fingerprint density at radius 1 is 0.844 bits per heavy atom. The van der Waals surface area contributed by atoms with Crippen LogP contribution in [-0.2, 0) is 9.59 Å². The van der Waals surface area contributed by atoms with Crippen molar-refractivity contribution in [2.24, 2.45) is 0 Å². The van der Waals surface area contributed by atoms with E-state index in [-0.39, 0.29) is 22.0 Å². The molecule has 4 nitrogen and oxygen atoms in total. The highest BCUT2D eigenvalue weighted by Gasteiger charge is 2.40. The number of imide groups is 1. The number of carbonyl (C=O) groups excluding carboxylic acids is 2. The van der Waals surface area contributed by atoms with E-state index in [1.54, 1.807) is 0 Å². The van der Waals surface area contributed by atoms with E-state index >= 15 is 0 Å². The number of rotatable bonds is 4. The zero-order valence-electron chi connectivity index (χ0n) is 18.2. The summed E-state index contributed by atoms with van der Waals surface area (Å²) in [6, 6.07) is 15.2. The van der Waals surface area contributed by atoms with Crippen molar-refractivity contribution < 1.29 is 14.0 Å². The first-order chi connectivity index (χ1) is 15.2. The molecule has 1 heterocycles. The molecule has 0 aromatic heterocycles. The Bertz CT molecular complexity index is 1310. The van der Waals surface area contributed by atoms with Gasteiger partial charge in [0.25, 0.3) is 11.8 Å². The molecule has 0 saturated carbocycles. The van der Waals surface area contributed by atoms with Crippen LogP contribution < -0.4 is 10.2 Å². The zero-order chi connectivity index (χ0) is 23.2. The number of amides is 2. The van der Waals surface area contributed by atoms with Crippen LogP contribution in [-0.4, -0.2) is 11.8 Å². The van der Waals surface area contributed by atoms with Crippen LogP contribution in [0.25, 0.3) is 5.57 Å². The van der Waals surface area contributed by atoms with Crippen LogP contribution >= 0.6 is 11.6 Å². The fourth-order valence-corrected chi connectivity index (χ4v) is 3.87. The SMILES string of the molecule is Cc1ccc(C2=C(Nc3cccc(C)c3C)C(=O)N(c3ccc(F)c(Cl)c3)C2=O)cc1C. The Morgan fingerprint density at radius 2 is 1.59 bits per heavy atom. The maximum atomic E-state index is 13.7. The van der Waals surface area contributed by atoms with Crippen molar-refractivity contribution in [3.05, 3.63) is 99.0 Å². The monoisotopic (exact) mass is 448 g/mol. The average Bonchev–Trinajstić information content (AvgIpc) is 2.99. The van der Waals surface area contributed by atoms with Gasteiger partial charge in [0.15, 0.2) is 0 Å². The first kappa shape index (κ1) is 21.8. The van der Waals surface area contributed by atoms with Gasteiger partial charge in [0.2, 0.25) is 0 Å². The molecular formula is C26H22ClFN2O2. The summed E-state index contributed by atoms with van der Waals surface area (Å²) in [6.45, 7) is 7.87. The molecule has 0 atom stereocenters. The molecule has 162 valence electrons. The first-order valence-corrected chi connectivity index (χ1v) is 10.6. The molecule has 0 saturated heterocycles. The minimum absolute atomic E-state index is 0.160. The lowest BCUT2D eigenvalue weighted by molar-refractivity contribution is -0.120. The molecule has 1 aliphatic heterocycles. The van der Waals surface area contributed by atoms with Gasteiger partial charge < -0.3 is 5.32 Å². The van der Waals surface area contributed by atoms with E-state index in [0.717, 1.165) is 38.9 Å². The maximum absolute atomic E-state index is 13.7. The van der Waals surface area contributed by atoms with Crippen LogP contribution in [0.2, 0.25) is 5.02 Å². The van der Waals surface area contributed by atoms with Gasteiger partial charge >= 0.3 is 0 Å². The molecule has 0 unspecified atom stereocenters. The molecule has 0 fully saturated rings. The molecule has 3 aromatic rings. The number of benzene rings is 3. The van der Waals surface area contributed by atoms with Gasteiger partial charge in [-0.3, -0.25) is 9.59 Å². The molecule has 32 heavy (non-hydrogen) atoms. The van der Waals surface area contributed by atoms with Crippen molar-refractivity contribution in [2.45, 2.75) is 27.7 Å². The predicted octanol–water partition coefficient (Wildman–Crippen LogP) is 6.11. The van der Waals surface area contributed by atoms with Gasteiger partial charge in [-0.15, -0.1) is 0 Å². The number of hydrogen-bond donors (Lipinski definition) is 1. The van der Waals surface area contributed by atoms with E-state index in [4.69, 9.17) is 11.6 Å². The van der Waals surface area contributed by atoms with E-state index in [1.807, 2.05) is 64.1 Å². The minimum Gasteiger partial charge on any atom is -0.350 e. The van der Waals surface area contributed by atoms with E-state index in [9.17, 15) is 14.0 Å². The van der Waals surface area contributed by atoms with Gasteiger partial charge in [0.05, 0.1) is 16.3 Å². The first-order valence-electron chi connectivity index (χ1n) is 10.2. The zero-order valence-corrected chi connectivity index (χ0v) is 19.0. The van der Waals surface area contributed by atoms with Crippen LogP contribution in [0.3, 0.4) is 0 Å². The van der Waals surface area contributed by atoms with E-state index in [0.29, 0.717) is 5.56 Å². The fraction of sp³-hybridized carbons (Fsp3) is 0.154. The van der Waals surface area contributed by atoms with Crippen molar-refractivity contribution in [1.29, 1.82) is 0 Å². The second-order valence-corrected chi connectivity index (χ2v) is 8.37. The van der Waals surface area contributed by atoms with Gasteiger partial charge in [-0.05, 0) is 79.8 Å². The van der Waals surface area contributed by atoms with Crippen LogP contribution in [0.15, 0.2) is 60.3 Å². The van der Waals surface area contributed by atoms with E-state index in [1.165, 1.54) is 12.1 Å². The lowest BCUT2D eigenvalue weighted by Gasteiger charge is -2.16. The van der Waals surface area contributed by atoms with Crippen LogP contribution in [0.4, 0.5) is 15.8 Å². The number of halogens is 2. The number of aryl methyl sites for hydroxylation is 3. The van der Waals surface area contributed by atoms with Crippen molar-refractivity contribution in [2.75, 3.05) is 10.2 Å². The smallest absolute Gasteiger partial charge is 0.282 e. The molecule has 0 radical (unpaired) electrons. The number of anilines is 2. The predicted molar refractivity (Wildman–Crippen MR) is 126 cm³/mol. The second kappa shape index (κ2) is 8.24. The average molecular weight is 449 g/mol. The highest BCUT2D eigenvalue weighted by molar-refractivity contribution is 6.46. The number of nitrogens with zero attached hydrogens (tertiary/aromatic N) is 1. The van der Waals surface area contributed by atoms with E-state index in [2.05, 4.69) is 5.32 Å². The molecule has 6 heteroatoms. The van der Waals surface area contributed by atoms with Crippen molar-refractivity contribution in [1.82, 2.24) is 0 Å². The van der Waals surface area contributed by atoms with Crippen molar-refractivity contribution in [3.8, 4) is 0 Å². The highest BCUT2D eigenvalue weighted by atomic mass is 35.5. The van der Waals surface area contributed by atoms with Gasteiger partial charge in [0.1, 0.15) is 11.5 Å². The Kier molecular flexibility index (Phi) is 5.61. The normalized spacial score (nSPS) is 13.9. The molecule has 3 aromatic carbocycles. The van der Waals surface area contributed by atoms with Gasteiger partial charge in [0, 0.05) is 5.69 Å². The maximum Gasteiger partial charge on any atom is 0.282 e. The third-order valence-corrected chi connectivity index (χ3v) is 6.19. The van der Waals surface area contributed by atoms with Crippen LogP contribution in [0, 0.1) is 33.5 Å². The molecule has 0 aliphatic carbocycles. The molecular weight excluding hydrogens is 427 g/mol. The van der Waals surface area contributed by atoms with Crippen molar-refractivity contribution >= 4 is 40.4 Å². The summed E-state index contributed by atoms with van der Waals surface area (Å²) in [5, 5.41) is 3.04. The van der Waals surface area contributed by atoms with Gasteiger partial charge in [-0.2, -0.15) is 0 Å². The number of nitrogens with one attached hydrogen (secondary N) is 1. The Labute approximate surface area is 191 Å². The molecule has 1 N–H and O–H groups in total. The molecule has 2 amide bonds. The molecule has 4 rings (SSSR count). The number of carbonyl (C=O) groups is 2. The lowest BCUT2D eigenvalue weighted by Crippen LogP contribution is -2.32. The lowest BCUT2D eigenvalue weighted by atomic mass is 9.99. The Hall–Kier alpha value is -3.44. The summed E-state index contributed by atoms with van der Waals surface area (Å²) in [4.78, 5) is 28.1. The van der Waals surface area contributed by atoms with Crippen LogP contribution in [0.1, 0.15) is 27.8 Å². The Morgan fingerprint density at radius 3 is 2.28 bits per heavy atom. The van der Waals surface area contributed by atoms with Gasteiger partial charge in [-0.25, -0.2) is 9.29 Å². The fourth-order valence-electron chi connectivity index (χ4n) is 3.69. The summed E-state index contributed by atoms with van der Waals surface area (Å²) in [5.41, 5.74) is 6.14. The quantitative estimate of drug-likeness (QED) is 0.490. The topological polar surface area (TPSA) is 49.4 Å². The molecule has 1 aliphatic rings. The number of hydrogen-bond acceptors (Lipinski definition) is 3. The summed E-state index contributed by atoms with van der Waals surface area (Å²) in [6.07, 6.45) is 0. The standard InChI is InChI=1S/C26H22ClFN2O2/c1-14-8-9-18(12-16(14)3)23-24(29-22-7-5-6-15(2)17(22)4)26(32)30(25(23)31)19-10-11-21(28)20(27)13-19/h5-13,29H,1-4H3. The highest BCUT2D eigenvalue weighted by Crippen LogP contribution is 2.36. The minimum atomic E-state index is -0.620. The second-order valence-electron chi connectivity index (χ2n) is 7.97. The summed E-state index contributed by atoms with van der Waals surface area (Å²) < 4.78 is 13.7. The third kappa shape index (κ3) is 3.69. The Balaban J connectivity index is 1.88.